The third-order valence-electron chi connectivity index (χ3n) is 3.29. The fraction of sp³-hybridized carbons (Fsp3) is 0.385. The van der Waals surface area contributed by atoms with Crippen molar-refractivity contribution in [3.8, 4) is 0 Å². The predicted octanol–water partition coefficient (Wildman–Crippen LogP) is 3.19. The highest BCUT2D eigenvalue weighted by Gasteiger charge is 2.18. The number of aromatic nitrogens is 2. The standard InChI is InChI=1S/C13H14ClN3/c1-9-5-4-6-10-11(9)15-13(14)16-12(10)17-7-2-3-8-17/h4-6H,2-3,7-8H2,1H3. The molecule has 0 saturated carbocycles. The number of aryl methyl sites for hydroxylation is 1. The van der Waals surface area contributed by atoms with Crippen molar-refractivity contribution in [1.82, 2.24) is 9.97 Å². The van der Waals surface area contributed by atoms with E-state index >= 15 is 0 Å². The van der Waals surface area contributed by atoms with Gasteiger partial charge in [0.1, 0.15) is 5.82 Å². The third-order valence-corrected chi connectivity index (χ3v) is 3.46. The molecular weight excluding hydrogens is 234 g/mol. The second kappa shape index (κ2) is 4.15. The zero-order valence-corrected chi connectivity index (χ0v) is 10.5. The molecule has 0 atom stereocenters. The molecular formula is C13H14ClN3. The summed E-state index contributed by atoms with van der Waals surface area (Å²) in [7, 11) is 0. The van der Waals surface area contributed by atoms with Gasteiger partial charge in [-0.15, -0.1) is 0 Å². The summed E-state index contributed by atoms with van der Waals surface area (Å²) in [6, 6.07) is 6.18. The Labute approximate surface area is 105 Å². The second-order valence-corrected chi connectivity index (χ2v) is 4.82. The summed E-state index contributed by atoms with van der Waals surface area (Å²) in [5, 5.41) is 1.45. The largest absolute Gasteiger partial charge is 0.356 e. The van der Waals surface area contributed by atoms with Gasteiger partial charge < -0.3 is 4.90 Å². The monoisotopic (exact) mass is 247 g/mol. The molecule has 3 rings (SSSR count). The maximum Gasteiger partial charge on any atom is 0.224 e. The van der Waals surface area contributed by atoms with Crippen molar-refractivity contribution in [2.75, 3.05) is 18.0 Å². The lowest BCUT2D eigenvalue weighted by Gasteiger charge is -2.18. The van der Waals surface area contributed by atoms with Gasteiger partial charge in [0, 0.05) is 18.5 Å². The highest BCUT2D eigenvalue weighted by molar-refractivity contribution is 6.28. The van der Waals surface area contributed by atoms with Crippen LogP contribution in [0.1, 0.15) is 18.4 Å². The lowest BCUT2D eigenvalue weighted by atomic mass is 10.1. The molecule has 0 amide bonds. The van der Waals surface area contributed by atoms with Crippen molar-refractivity contribution in [3.05, 3.63) is 29.0 Å². The van der Waals surface area contributed by atoms with Gasteiger partial charge in [0.05, 0.1) is 5.52 Å². The summed E-state index contributed by atoms with van der Waals surface area (Å²) in [4.78, 5) is 11.0. The van der Waals surface area contributed by atoms with Crippen LogP contribution in [0.25, 0.3) is 10.9 Å². The van der Waals surface area contributed by atoms with Crippen LogP contribution in [0.15, 0.2) is 18.2 Å². The average molecular weight is 248 g/mol. The van der Waals surface area contributed by atoms with Crippen LogP contribution >= 0.6 is 11.6 Å². The number of nitrogens with zero attached hydrogens (tertiary/aromatic N) is 3. The minimum absolute atomic E-state index is 0.341. The first-order chi connectivity index (χ1) is 8.25. The van der Waals surface area contributed by atoms with Crippen molar-refractivity contribution in [1.29, 1.82) is 0 Å². The van der Waals surface area contributed by atoms with Crippen LogP contribution in [0, 0.1) is 6.92 Å². The SMILES string of the molecule is Cc1cccc2c(N3CCCC3)nc(Cl)nc12. The molecule has 17 heavy (non-hydrogen) atoms. The molecule has 1 aliphatic heterocycles. The Kier molecular flexibility index (Phi) is 2.63. The summed E-state index contributed by atoms with van der Waals surface area (Å²) in [5.41, 5.74) is 2.11. The van der Waals surface area contributed by atoms with E-state index < -0.39 is 0 Å². The molecule has 2 heterocycles. The van der Waals surface area contributed by atoms with Crippen LogP contribution < -0.4 is 4.90 Å². The van der Waals surface area contributed by atoms with E-state index in [2.05, 4.69) is 40.0 Å². The lowest BCUT2D eigenvalue weighted by molar-refractivity contribution is 0.939. The van der Waals surface area contributed by atoms with E-state index in [1.54, 1.807) is 0 Å². The van der Waals surface area contributed by atoms with Gasteiger partial charge in [-0.25, -0.2) is 4.98 Å². The molecule has 0 radical (unpaired) electrons. The van der Waals surface area contributed by atoms with E-state index in [1.165, 1.54) is 12.8 Å². The Hall–Kier alpha value is -1.35. The highest BCUT2D eigenvalue weighted by Crippen LogP contribution is 2.29. The number of hydrogen-bond acceptors (Lipinski definition) is 3. The molecule has 0 aliphatic carbocycles. The molecule has 2 aromatic rings. The van der Waals surface area contributed by atoms with Gasteiger partial charge in [-0.05, 0) is 43.0 Å². The van der Waals surface area contributed by atoms with Gasteiger partial charge in [-0.3, -0.25) is 0 Å². The van der Waals surface area contributed by atoms with Crippen LogP contribution in [0.3, 0.4) is 0 Å². The zero-order valence-electron chi connectivity index (χ0n) is 9.78. The quantitative estimate of drug-likeness (QED) is 0.725. The molecule has 1 fully saturated rings. The van der Waals surface area contributed by atoms with Gasteiger partial charge >= 0.3 is 0 Å². The minimum atomic E-state index is 0.341. The smallest absolute Gasteiger partial charge is 0.224 e. The van der Waals surface area contributed by atoms with E-state index in [0.29, 0.717) is 5.28 Å². The van der Waals surface area contributed by atoms with Gasteiger partial charge in [0.2, 0.25) is 5.28 Å². The molecule has 1 aromatic heterocycles. The maximum atomic E-state index is 6.03. The lowest BCUT2D eigenvalue weighted by Crippen LogP contribution is -2.19. The molecule has 4 heteroatoms. The summed E-state index contributed by atoms with van der Waals surface area (Å²) in [5.74, 6) is 0.987. The van der Waals surface area contributed by atoms with E-state index in [1.807, 2.05) is 0 Å². The average Bonchev–Trinajstić information content (AvgIpc) is 2.83. The molecule has 0 bridgehead atoms. The fourth-order valence-electron chi connectivity index (χ4n) is 2.42. The minimum Gasteiger partial charge on any atom is -0.356 e. The normalized spacial score (nSPS) is 15.8. The first-order valence-electron chi connectivity index (χ1n) is 5.93. The number of halogens is 1. The summed E-state index contributed by atoms with van der Waals surface area (Å²) in [6.07, 6.45) is 2.46. The fourth-order valence-corrected chi connectivity index (χ4v) is 2.59. The van der Waals surface area contributed by atoms with Gasteiger partial charge in [-0.2, -0.15) is 4.98 Å². The number of anilines is 1. The van der Waals surface area contributed by atoms with Crippen LogP contribution in [-0.4, -0.2) is 23.1 Å². The number of rotatable bonds is 1. The van der Waals surface area contributed by atoms with Crippen LogP contribution in [0.2, 0.25) is 5.28 Å². The van der Waals surface area contributed by atoms with E-state index in [4.69, 9.17) is 11.6 Å². The summed E-state index contributed by atoms with van der Waals surface area (Å²) < 4.78 is 0. The maximum absolute atomic E-state index is 6.03. The van der Waals surface area contributed by atoms with Crippen molar-refractivity contribution < 1.29 is 0 Å². The Morgan fingerprint density at radius 3 is 2.71 bits per heavy atom. The van der Waals surface area contributed by atoms with Gasteiger partial charge in [-0.1, -0.05) is 12.1 Å². The van der Waals surface area contributed by atoms with Gasteiger partial charge in [0.15, 0.2) is 0 Å². The number of para-hydroxylation sites is 1. The summed E-state index contributed by atoms with van der Waals surface area (Å²) >= 11 is 6.03. The molecule has 1 saturated heterocycles. The molecule has 1 aromatic carbocycles. The first kappa shape index (κ1) is 10.8. The number of benzene rings is 1. The number of fused-ring (bicyclic) bond motifs is 1. The first-order valence-corrected chi connectivity index (χ1v) is 6.31. The topological polar surface area (TPSA) is 29.0 Å². The highest BCUT2D eigenvalue weighted by atomic mass is 35.5. The van der Waals surface area contributed by atoms with Crippen molar-refractivity contribution in [2.24, 2.45) is 0 Å². The molecule has 0 N–H and O–H groups in total. The Morgan fingerprint density at radius 1 is 1.18 bits per heavy atom. The van der Waals surface area contributed by atoms with Crippen molar-refractivity contribution >= 4 is 28.3 Å². The zero-order chi connectivity index (χ0) is 11.8. The molecule has 88 valence electrons. The van der Waals surface area contributed by atoms with E-state index in [-0.39, 0.29) is 0 Å². The number of hydrogen-bond donors (Lipinski definition) is 0. The van der Waals surface area contributed by atoms with Crippen molar-refractivity contribution in [2.45, 2.75) is 19.8 Å². The molecule has 1 aliphatic rings. The predicted molar refractivity (Wildman–Crippen MR) is 70.7 cm³/mol. The van der Waals surface area contributed by atoms with Crippen LogP contribution in [-0.2, 0) is 0 Å². The molecule has 0 spiro atoms. The van der Waals surface area contributed by atoms with Crippen LogP contribution in [0.4, 0.5) is 5.82 Å². The Bertz CT molecular complexity index is 562. The Morgan fingerprint density at radius 2 is 1.94 bits per heavy atom. The molecule has 0 unspecified atom stereocenters. The van der Waals surface area contributed by atoms with Gasteiger partial charge in [0.25, 0.3) is 0 Å². The molecule has 3 nitrogen and oxygen atoms in total. The van der Waals surface area contributed by atoms with Crippen LogP contribution in [0.5, 0.6) is 0 Å². The van der Waals surface area contributed by atoms with E-state index in [9.17, 15) is 0 Å². The summed E-state index contributed by atoms with van der Waals surface area (Å²) in [6.45, 7) is 4.19. The second-order valence-electron chi connectivity index (χ2n) is 4.48. The van der Waals surface area contributed by atoms with E-state index in [0.717, 1.165) is 35.4 Å². The third kappa shape index (κ3) is 1.84. The van der Waals surface area contributed by atoms with Crippen molar-refractivity contribution in [3.63, 3.8) is 0 Å². The Balaban J connectivity index is 2.25.